The molecule has 2 N–H and O–H groups in total. The molecule has 1 heterocycles. The van der Waals surface area contributed by atoms with Crippen molar-refractivity contribution in [1.29, 1.82) is 0 Å². The number of ether oxygens (including phenoxy) is 1. The third-order valence-electron chi connectivity index (χ3n) is 4.79. The number of hydrogen-bond acceptors (Lipinski definition) is 4. The van der Waals surface area contributed by atoms with Gasteiger partial charge in [-0.1, -0.05) is 26.0 Å². The number of hydrogen-bond donors (Lipinski definition) is 1. The summed E-state index contributed by atoms with van der Waals surface area (Å²) in [7, 11) is 1.59. The monoisotopic (exact) mass is 288 g/mol. The van der Waals surface area contributed by atoms with Gasteiger partial charge in [-0.2, -0.15) is 0 Å². The minimum atomic E-state index is -0.395. The van der Waals surface area contributed by atoms with Crippen LogP contribution >= 0.6 is 0 Å². The molecule has 1 aliphatic carbocycles. The molecule has 2 aliphatic rings. The average molecular weight is 288 g/mol. The van der Waals surface area contributed by atoms with Gasteiger partial charge in [-0.05, 0) is 23.1 Å². The standard InChI is InChI=1S/C16H20N2O3/c1-16(2)12-13(16)15(20)18(14(12)19)8-11(17)9-5-4-6-10(7-9)21-3/h4-7,11-13H,8,17H2,1-3H3. The minimum Gasteiger partial charge on any atom is -0.497 e. The lowest BCUT2D eigenvalue weighted by Crippen LogP contribution is -2.40. The molecule has 1 saturated carbocycles. The van der Waals surface area contributed by atoms with Gasteiger partial charge in [0.05, 0.1) is 18.9 Å². The van der Waals surface area contributed by atoms with E-state index in [2.05, 4.69) is 0 Å². The van der Waals surface area contributed by atoms with E-state index in [0.29, 0.717) is 5.75 Å². The highest BCUT2D eigenvalue weighted by molar-refractivity contribution is 6.10. The summed E-state index contributed by atoms with van der Waals surface area (Å²) in [5, 5.41) is 0. The van der Waals surface area contributed by atoms with Gasteiger partial charge in [-0.3, -0.25) is 14.5 Å². The van der Waals surface area contributed by atoms with E-state index >= 15 is 0 Å². The maximum Gasteiger partial charge on any atom is 0.233 e. The van der Waals surface area contributed by atoms with Crippen molar-refractivity contribution in [3.05, 3.63) is 29.8 Å². The van der Waals surface area contributed by atoms with Gasteiger partial charge in [0.25, 0.3) is 0 Å². The number of nitrogens with zero attached hydrogens (tertiary/aromatic N) is 1. The number of imide groups is 1. The number of piperidine rings is 1. The zero-order valence-electron chi connectivity index (χ0n) is 12.5. The SMILES string of the molecule is COc1cccc(C(N)CN2C(=O)C3C(C2=O)C3(C)C)c1. The fraction of sp³-hybridized carbons (Fsp3) is 0.500. The highest BCUT2D eigenvalue weighted by Crippen LogP contribution is 2.63. The topological polar surface area (TPSA) is 72.6 Å². The van der Waals surface area contributed by atoms with Crippen molar-refractivity contribution in [3.8, 4) is 5.75 Å². The summed E-state index contributed by atoms with van der Waals surface area (Å²) in [4.78, 5) is 25.9. The number of carbonyl (C=O) groups is 2. The zero-order chi connectivity index (χ0) is 15.4. The fourth-order valence-corrected chi connectivity index (χ4v) is 3.36. The van der Waals surface area contributed by atoms with Crippen LogP contribution in [0.4, 0.5) is 0 Å². The van der Waals surface area contributed by atoms with E-state index in [0.717, 1.165) is 5.56 Å². The smallest absolute Gasteiger partial charge is 0.233 e. The van der Waals surface area contributed by atoms with E-state index in [-0.39, 0.29) is 35.6 Å². The van der Waals surface area contributed by atoms with Crippen molar-refractivity contribution in [2.75, 3.05) is 13.7 Å². The summed E-state index contributed by atoms with van der Waals surface area (Å²) in [5.74, 6) is 0.262. The predicted octanol–water partition coefficient (Wildman–Crippen LogP) is 1.34. The van der Waals surface area contributed by atoms with Crippen LogP contribution in [0.25, 0.3) is 0 Å². The molecule has 3 unspecified atom stereocenters. The number of methoxy groups -OCH3 is 1. The molecule has 2 amide bonds. The lowest BCUT2D eigenvalue weighted by atomic mass is 10.0. The molecule has 3 rings (SSSR count). The van der Waals surface area contributed by atoms with Crippen LogP contribution in [0, 0.1) is 17.3 Å². The fourth-order valence-electron chi connectivity index (χ4n) is 3.36. The number of fused-ring (bicyclic) bond motifs is 1. The molecular weight excluding hydrogens is 268 g/mol. The first-order valence-electron chi connectivity index (χ1n) is 7.12. The molecule has 1 aliphatic heterocycles. The molecule has 0 aromatic heterocycles. The number of carbonyl (C=O) groups excluding carboxylic acids is 2. The third-order valence-corrected chi connectivity index (χ3v) is 4.79. The Morgan fingerprint density at radius 3 is 2.48 bits per heavy atom. The Morgan fingerprint density at radius 2 is 1.90 bits per heavy atom. The first kappa shape index (κ1) is 14.1. The number of nitrogens with two attached hydrogens (primary N) is 1. The molecule has 112 valence electrons. The molecule has 0 spiro atoms. The van der Waals surface area contributed by atoms with Gasteiger partial charge < -0.3 is 10.5 Å². The van der Waals surface area contributed by atoms with E-state index in [1.54, 1.807) is 7.11 Å². The Bertz CT molecular complexity index is 587. The molecule has 0 bridgehead atoms. The summed E-state index contributed by atoms with van der Waals surface area (Å²) in [5.41, 5.74) is 6.83. The first-order chi connectivity index (χ1) is 9.87. The van der Waals surface area contributed by atoms with Gasteiger partial charge in [0.15, 0.2) is 0 Å². The largest absolute Gasteiger partial charge is 0.497 e. The molecule has 5 heteroatoms. The molecule has 3 atom stereocenters. The number of likely N-dealkylation sites (tertiary alicyclic amines) is 1. The van der Waals surface area contributed by atoms with Crippen molar-refractivity contribution in [2.24, 2.45) is 23.0 Å². The highest BCUT2D eigenvalue weighted by atomic mass is 16.5. The normalized spacial score (nSPS) is 27.5. The van der Waals surface area contributed by atoms with Crippen LogP contribution in [-0.4, -0.2) is 30.4 Å². The van der Waals surface area contributed by atoms with Crippen LogP contribution in [0.2, 0.25) is 0 Å². The van der Waals surface area contributed by atoms with Crippen LogP contribution in [0.1, 0.15) is 25.5 Å². The zero-order valence-corrected chi connectivity index (χ0v) is 12.5. The second-order valence-electron chi connectivity index (χ2n) is 6.45. The summed E-state index contributed by atoms with van der Waals surface area (Å²) >= 11 is 0. The molecule has 5 nitrogen and oxygen atoms in total. The Balaban J connectivity index is 1.73. The molecular formula is C16H20N2O3. The van der Waals surface area contributed by atoms with Crippen LogP contribution < -0.4 is 10.5 Å². The van der Waals surface area contributed by atoms with Crippen LogP contribution in [0.3, 0.4) is 0 Å². The number of rotatable bonds is 4. The van der Waals surface area contributed by atoms with Gasteiger partial charge in [-0.15, -0.1) is 0 Å². The van der Waals surface area contributed by atoms with Crippen molar-refractivity contribution >= 4 is 11.8 Å². The quantitative estimate of drug-likeness (QED) is 0.849. The van der Waals surface area contributed by atoms with Crippen molar-refractivity contribution in [3.63, 3.8) is 0 Å². The van der Waals surface area contributed by atoms with E-state index < -0.39 is 6.04 Å². The maximum absolute atomic E-state index is 12.3. The Labute approximate surface area is 124 Å². The second-order valence-corrected chi connectivity index (χ2v) is 6.45. The Kier molecular flexibility index (Phi) is 3.06. The molecule has 21 heavy (non-hydrogen) atoms. The summed E-state index contributed by atoms with van der Waals surface area (Å²) < 4.78 is 5.17. The molecule has 1 aromatic carbocycles. The van der Waals surface area contributed by atoms with Gasteiger partial charge in [-0.25, -0.2) is 0 Å². The van der Waals surface area contributed by atoms with E-state index in [1.807, 2.05) is 38.1 Å². The molecule has 1 saturated heterocycles. The lowest BCUT2D eigenvalue weighted by molar-refractivity contribution is -0.143. The summed E-state index contributed by atoms with van der Waals surface area (Å²) in [6.07, 6.45) is 0. The van der Waals surface area contributed by atoms with Crippen LogP contribution in [0.15, 0.2) is 24.3 Å². The maximum atomic E-state index is 12.3. The highest BCUT2D eigenvalue weighted by Gasteiger charge is 2.72. The van der Waals surface area contributed by atoms with Gasteiger partial charge >= 0.3 is 0 Å². The summed E-state index contributed by atoms with van der Waals surface area (Å²) in [6.45, 7) is 4.17. The third kappa shape index (κ3) is 2.03. The Morgan fingerprint density at radius 1 is 1.29 bits per heavy atom. The van der Waals surface area contributed by atoms with E-state index in [1.165, 1.54) is 4.90 Å². The van der Waals surface area contributed by atoms with Crippen molar-refractivity contribution < 1.29 is 14.3 Å². The van der Waals surface area contributed by atoms with Crippen LogP contribution in [-0.2, 0) is 9.59 Å². The number of amides is 2. The minimum absolute atomic E-state index is 0.0756. The summed E-state index contributed by atoms with van der Waals surface area (Å²) in [6, 6.07) is 7.00. The van der Waals surface area contributed by atoms with Crippen molar-refractivity contribution in [2.45, 2.75) is 19.9 Å². The molecule has 2 fully saturated rings. The van der Waals surface area contributed by atoms with Gasteiger partial charge in [0.1, 0.15) is 5.75 Å². The van der Waals surface area contributed by atoms with Gasteiger partial charge in [0, 0.05) is 12.6 Å². The second kappa shape index (κ2) is 4.56. The van der Waals surface area contributed by atoms with Crippen molar-refractivity contribution in [1.82, 2.24) is 4.90 Å². The average Bonchev–Trinajstić information content (AvgIpc) is 2.94. The van der Waals surface area contributed by atoms with Crippen LogP contribution in [0.5, 0.6) is 5.75 Å². The molecule has 1 aromatic rings. The van der Waals surface area contributed by atoms with E-state index in [4.69, 9.17) is 10.5 Å². The van der Waals surface area contributed by atoms with Gasteiger partial charge in [0.2, 0.25) is 11.8 Å². The number of benzene rings is 1. The van der Waals surface area contributed by atoms with E-state index in [9.17, 15) is 9.59 Å². The Hall–Kier alpha value is -1.88. The lowest BCUT2D eigenvalue weighted by Gasteiger charge is -2.24. The molecule has 0 radical (unpaired) electrons. The first-order valence-corrected chi connectivity index (χ1v) is 7.12. The predicted molar refractivity (Wildman–Crippen MR) is 77.4 cm³/mol.